The smallest absolute Gasteiger partial charge is 0.335 e. The SMILES string of the molecule is O=CNC(NC(=S)Nc1ccc(C(=O)O)cc1)C(Cl)(Cl)Cl. The fraction of sp³-hybridized carbons (Fsp3) is 0.182. The van der Waals surface area contributed by atoms with E-state index in [1.807, 2.05) is 0 Å². The highest BCUT2D eigenvalue weighted by atomic mass is 35.6. The molecule has 1 unspecified atom stereocenters. The predicted octanol–water partition coefficient (Wildman–Crippen LogP) is 2.11. The Bertz CT molecular complexity index is 534. The molecule has 0 saturated carbocycles. The maximum Gasteiger partial charge on any atom is 0.335 e. The van der Waals surface area contributed by atoms with Gasteiger partial charge in [0.1, 0.15) is 6.17 Å². The van der Waals surface area contributed by atoms with Crippen LogP contribution in [0.5, 0.6) is 0 Å². The van der Waals surface area contributed by atoms with Gasteiger partial charge < -0.3 is 21.1 Å². The van der Waals surface area contributed by atoms with Crippen molar-refractivity contribution in [2.75, 3.05) is 5.32 Å². The zero-order chi connectivity index (χ0) is 16.0. The minimum Gasteiger partial charge on any atom is -0.478 e. The van der Waals surface area contributed by atoms with Gasteiger partial charge in [-0.2, -0.15) is 0 Å². The number of aromatic carboxylic acids is 1. The van der Waals surface area contributed by atoms with E-state index in [-0.39, 0.29) is 10.7 Å². The largest absolute Gasteiger partial charge is 0.478 e. The highest BCUT2D eigenvalue weighted by molar-refractivity contribution is 7.80. The molecule has 1 aromatic carbocycles. The summed E-state index contributed by atoms with van der Waals surface area (Å²) in [7, 11) is 0. The molecule has 0 bridgehead atoms. The number of rotatable bonds is 5. The normalized spacial score (nSPS) is 12.1. The fourth-order valence-electron chi connectivity index (χ4n) is 1.28. The molecule has 114 valence electrons. The Morgan fingerprint density at radius 1 is 1.29 bits per heavy atom. The molecule has 4 N–H and O–H groups in total. The fourth-order valence-corrected chi connectivity index (χ4v) is 1.87. The van der Waals surface area contributed by atoms with Crippen LogP contribution in [0.1, 0.15) is 10.4 Å². The van der Waals surface area contributed by atoms with Crippen molar-refractivity contribution in [3.63, 3.8) is 0 Å². The van der Waals surface area contributed by atoms with Gasteiger partial charge in [-0.15, -0.1) is 0 Å². The zero-order valence-corrected chi connectivity index (χ0v) is 13.4. The van der Waals surface area contributed by atoms with E-state index in [2.05, 4.69) is 16.0 Å². The summed E-state index contributed by atoms with van der Waals surface area (Å²) in [4.78, 5) is 21.2. The predicted molar refractivity (Wildman–Crippen MR) is 86.0 cm³/mol. The van der Waals surface area contributed by atoms with Gasteiger partial charge in [0.2, 0.25) is 10.2 Å². The van der Waals surface area contributed by atoms with E-state index in [0.717, 1.165) is 0 Å². The maximum atomic E-state index is 10.7. The van der Waals surface area contributed by atoms with Gasteiger partial charge in [0, 0.05) is 5.69 Å². The van der Waals surface area contributed by atoms with E-state index in [9.17, 15) is 9.59 Å². The van der Waals surface area contributed by atoms with E-state index >= 15 is 0 Å². The topological polar surface area (TPSA) is 90.5 Å². The second-order valence-corrected chi connectivity index (χ2v) is 6.52. The highest BCUT2D eigenvalue weighted by Crippen LogP contribution is 2.28. The van der Waals surface area contributed by atoms with Crippen molar-refractivity contribution < 1.29 is 14.7 Å². The molecule has 10 heteroatoms. The number of amides is 1. The van der Waals surface area contributed by atoms with Crippen LogP contribution in [0.4, 0.5) is 5.69 Å². The Labute approximate surface area is 140 Å². The first-order valence-corrected chi connectivity index (χ1v) is 6.95. The van der Waals surface area contributed by atoms with E-state index < -0.39 is 15.9 Å². The summed E-state index contributed by atoms with van der Waals surface area (Å²) >= 11 is 22.0. The maximum absolute atomic E-state index is 10.7. The Kier molecular flexibility index (Phi) is 6.47. The van der Waals surface area contributed by atoms with Gasteiger partial charge in [-0.25, -0.2) is 4.79 Å². The van der Waals surface area contributed by atoms with Crippen molar-refractivity contribution in [1.29, 1.82) is 0 Å². The van der Waals surface area contributed by atoms with Crippen molar-refractivity contribution in [1.82, 2.24) is 10.6 Å². The molecule has 6 nitrogen and oxygen atoms in total. The molecule has 0 aliphatic heterocycles. The van der Waals surface area contributed by atoms with Gasteiger partial charge in [0.05, 0.1) is 5.56 Å². The number of carboxylic acid groups (broad SMARTS) is 1. The number of nitrogens with one attached hydrogen (secondary N) is 3. The molecule has 0 spiro atoms. The van der Waals surface area contributed by atoms with Gasteiger partial charge in [0.15, 0.2) is 5.11 Å². The molecule has 0 fully saturated rings. The lowest BCUT2D eigenvalue weighted by atomic mass is 10.2. The number of benzene rings is 1. The Hall–Kier alpha value is -1.28. The standard InChI is InChI=1S/C11H10Cl3N3O3S/c12-11(13,14)9(15-5-18)17-10(21)16-7-3-1-6(2-4-7)8(19)20/h1-5,9H,(H,15,18)(H,19,20)(H2,16,17,21). The summed E-state index contributed by atoms with van der Waals surface area (Å²) in [6.45, 7) is 0. The van der Waals surface area contributed by atoms with Gasteiger partial charge in [-0.3, -0.25) is 4.79 Å². The number of carbonyl (C=O) groups excluding carboxylic acids is 1. The Morgan fingerprint density at radius 2 is 1.86 bits per heavy atom. The van der Waals surface area contributed by atoms with Crippen LogP contribution in [0.3, 0.4) is 0 Å². The first kappa shape index (κ1) is 17.8. The minimum absolute atomic E-state index is 0.0868. The molecular formula is C11H10Cl3N3O3S. The summed E-state index contributed by atoms with van der Waals surface area (Å²) in [5.41, 5.74) is 0.674. The van der Waals surface area contributed by atoms with E-state index in [4.69, 9.17) is 52.1 Å². The number of thiocarbonyl (C=S) groups is 1. The van der Waals surface area contributed by atoms with Gasteiger partial charge >= 0.3 is 5.97 Å². The minimum atomic E-state index is -1.81. The number of hydrogen-bond donors (Lipinski definition) is 4. The summed E-state index contributed by atoms with van der Waals surface area (Å²) in [5, 5.41) is 16.5. The molecule has 0 saturated heterocycles. The lowest BCUT2D eigenvalue weighted by molar-refractivity contribution is -0.110. The zero-order valence-electron chi connectivity index (χ0n) is 10.3. The lowest BCUT2D eigenvalue weighted by Crippen LogP contribution is -2.53. The van der Waals surface area contributed by atoms with Crippen molar-refractivity contribution in [3.05, 3.63) is 29.8 Å². The second-order valence-electron chi connectivity index (χ2n) is 3.74. The molecule has 0 radical (unpaired) electrons. The van der Waals surface area contributed by atoms with Crippen LogP contribution < -0.4 is 16.0 Å². The number of carboxylic acids is 1. The summed E-state index contributed by atoms with van der Waals surface area (Å²) in [6, 6.07) is 5.86. The van der Waals surface area contributed by atoms with E-state index in [1.165, 1.54) is 24.3 Å². The average Bonchev–Trinajstić information content (AvgIpc) is 2.37. The molecule has 0 aromatic heterocycles. The monoisotopic (exact) mass is 369 g/mol. The number of halogens is 3. The van der Waals surface area contributed by atoms with Crippen LogP contribution in [0, 0.1) is 0 Å². The molecule has 1 amide bonds. The van der Waals surface area contributed by atoms with Crippen molar-refractivity contribution >= 4 is 70.2 Å². The molecule has 0 aliphatic rings. The third kappa shape index (κ3) is 5.92. The van der Waals surface area contributed by atoms with Gasteiger partial charge in [-0.1, -0.05) is 34.8 Å². The molecule has 1 aromatic rings. The molecule has 0 aliphatic carbocycles. The highest BCUT2D eigenvalue weighted by Gasteiger charge is 2.32. The molecular weight excluding hydrogens is 361 g/mol. The van der Waals surface area contributed by atoms with E-state index in [1.54, 1.807) is 0 Å². The Balaban J connectivity index is 2.67. The second kappa shape index (κ2) is 7.65. The summed E-state index contributed by atoms with van der Waals surface area (Å²) in [5.74, 6) is -1.03. The van der Waals surface area contributed by atoms with Crippen LogP contribution in [0.15, 0.2) is 24.3 Å². The van der Waals surface area contributed by atoms with E-state index in [0.29, 0.717) is 12.1 Å². The van der Waals surface area contributed by atoms with Crippen LogP contribution in [0.2, 0.25) is 0 Å². The first-order valence-electron chi connectivity index (χ1n) is 5.41. The third-order valence-electron chi connectivity index (χ3n) is 2.23. The van der Waals surface area contributed by atoms with Crippen LogP contribution in [-0.2, 0) is 4.79 Å². The number of hydrogen-bond acceptors (Lipinski definition) is 3. The molecule has 0 heterocycles. The van der Waals surface area contributed by atoms with Crippen LogP contribution >= 0.6 is 47.0 Å². The van der Waals surface area contributed by atoms with Crippen molar-refractivity contribution in [2.45, 2.75) is 9.96 Å². The van der Waals surface area contributed by atoms with Gasteiger partial charge in [-0.05, 0) is 36.5 Å². The first-order chi connectivity index (χ1) is 9.74. The van der Waals surface area contributed by atoms with Crippen LogP contribution in [0.25, 0.3) is 0 Å². The van der Waals surface area contributed by atoms with Gasteiger partial charge in [0.25, 0.3) is 0 Å². The number of carbonyl (C=O) groups is 2. The Morgan fingerprint density at radius 3 is 2.29 bits per heavy atom. The molecule has 1 atom stereocenters. The number of alkyl halides is 3. The summed E-state index contributed by atoms with van der Waals surface area (Å²) in [6.07, 6.45) is -0.664. The molecule has 1 rings (SSSR count). The average molecular weight is 371 g/mol. The lowest BCUT2D eigenvalue weighted by Gasteiger charge is -2.26. The van der Waals surface area contributed by atoms with Crippen molar-refractivity contribution in [3.8, 4) is 0 Å². The van der Waals surface area contributed by atoms with Crippen LogP contribution in [-0.4, -0.2) is 32.6 Å². The van der Waals surface area contributed by atoms with Crippen molar-refractivity contribution in [2.24, 2.45) is 0 Å². The quantitative estimate of drug-likeness (QED) is 0.275. The molecule has 21 heavy (non-hydrogen) atoms. The number of anilines is 1. The summed E-state index contributed by atoms with van der Waals surface area (Å²) < 4.78 is -1.81. The third-order valence-corrected chi connectivity index (χ3v) is 3.10.